The molecule has 3 aromatic heterocycles. The molecular formula is C17H23N9. The van der Waals surface area contributed by atoms with Crippen LogP contribution in [0.1, 0.15) is 30.9 Å². The highest BCUT2D eigenvalue weighted by molar-refractivity contribution is 5.49. The van der Waals surface area contributed by atoms with Crippen LogP contribution in [0.25, 0.3) is 5.78 Å². The van der Waals surface area contributed by atoms with Gasteiger partial charge in [0.2, 0.25) is 5.95 Å². The Kier molecular flexibility index (Phi) is 4.36. The lowest BCUT2D eigenvalue weighted by Crippen LogP contribution is -2.48. The number of rotatable bonds is 4. The van der Waals surface area contributed by atoms with Crippen LogP contribution in [0.15, 0.2) is 12.4 Å². The fraction of sp³-hybridized carbons (Fsp3) is 0.529. The number of hydrogen-bond donors (Lipinski definition) is 0. The van der Waals surface area contributed by atoms with E-state index in [0.29, 0.717) is 5.78 Å². The van der Waals surface area contributed by atoms with Gasteiger partial charge in [0.25, 0.3) is 5.78 Å². The summed E-state index contributed by atoms with van der Waals surface area (Å²) in [5, 5.41) is 13.0. The molecule has 0 aromatic carbocycles. The van der Waals surface area contributed by atoms with Gasteiger partial charge in [-0.05, 0) is 19.8 Å². The van der Waals surface area contributed by atoms with Gasteiger partial charge in [-0.15, -0.1) is 5.10 Å². The molecule has 0 atom stereocenters. The molecule has 0 spiro atoms. The lowest BCUT2D eigenvalue weighted by molar-refractivity contribution is 0.618. The van der Waals surface area contributed by atoms with E-state index in [1.54, 1.807) is 10.8 Å². The summed E-state index contributed by atoms with van der Waals surface area (Å²) in [4.78, 5) is 17.9. The van der Waals surface area contributed by atoms with Crippen molar-refractivity contribution < 1.29 is 0 Å². The van der Waals surface area contributed by atoms with Gasteiger partial charge in [-0.1, -0.05) is 13.8 Å². The third-order valence-electron chi connectivity index (χ3n) is 4.75. The molecule has 9 nitrogen and oxygen atoms in total. The molecule has 1 fully saturated rings. The summed E-state index contributed by atoms with van der Waals surface area (Å²) in [6.07, 6.45) is 3.29. The van der Waals surface area contributed by atoms with Crippen LogP contribution in [0.4, 0.5) is 11.8 Å². The van der Waals surface area contributed by atoms with Crippen molar-refractivity contribution in [3.8, 4) is 0 Å². The van der Waals surface area contributed by atoms with Gasteiger partial charge in [-0.25, -0.2) is 9.97 Å². The third kappa shape index (κ3) is 2.93. The minimum absolute atomic E-state index is 0.637. The molecule has 1 aliphatic heterocycles. The van der Waals surface area contributed by atoms with E-state index in [-0.39, 0.29) is 0 Å². The Bertz CT molecular complexity index is 912. The van der Waals surface area contributed by atoms with Crippen LogP contribution in [0.3, 0.4) is 0 Å². The first-order valence-electron chi connectivity index (χ1n) is 9.09. The van der Waals surface area contributed by atoms with Gasteiger partial charge >= 0.3 is 0 Å². The van der Waals surface area contributed by atoms with E-state index in [1.165, 1.54) is 0 Å². The second-order valence-corrected chi connectivity index (χ2v) is 6.41. The molecular weight excluding hydrogens is 330 g/mol. The molecule has 136 valence electrons. The van der Waals surface area contributed by atoms with Gasteiger partial charge < -0.3 is 9.80 Å². The molecule has 0 unspecified atom stereocenters. The molecule has 3 aromatic rings. The fourth-order valence-corrected chi connectivity index (χ4v) is 3.33. The van der Waals surface area contributed by atoms with Gasteiger partial charge in [0.05, 0.1) is 11.4 Å². The van der Waals surface area contributed by atoms with Crippen molar-refractivity contribution in [2.75, 3.05) is 36.0 Å². The van der Waals surface area contributed by atoms with Crippen molar-refractivity contribution >= 4 is 17.5 Å². The molecule has 0 bridgehead atoms. The van der Waals surface area contributed by atoms with Crippen molar-refractivity contribution in [2.45, 2.75) is 33.6 Å². The maximum Gasteiger partial charge on any atom is 0.254 e. The van der Waals surface area contributed by atoms with Crippen LogP contribution in [0, 0.1) is 6.92 Å². The van der Waals surface area contributed by atoms with E-state index in [9.17, 15) is 0 Å². The Morgan fingerprint density at radius 2 is 1.65 bits per heavy atom. The highest BCUT2D eigenvalue weighted by Gasteiger charge is 2.22. The lowest BCUT2D eigenvalue weighted by Gasteiger charge is -2.35. The van der Waals surface area contributed by atoms with Crippen molar-refractivity contribution in [1.82, 2.24) is 34.8 Å². The van der Waals surface area contributed by atoms with Crippen molar-refractivity contribution in [3.63, 3.8) is 0 Å². The number of piperazine rings is 1. The largest absolute Gasteiger partial charge is 0.353 e. The normalized spacial score (nSPS) is 15.0. The predicted molar refractivity (Wildman–Crippen MR) is 98.5 cm³/mol. The summed E-state index contributed by atoms with van der Waals surface area (Å²) in [5.41, 5.74) is 2.99. The van der Waals surface area contributed by atoms with Gasteiger partial charge in [-0.2, -0.15) is 19.7 Å². The van der Waals surface area contributed by atoms with Gasteiger partial charge in [0, 0.05) is 37.9 Å². The van der Waals surface area contributed by atoms with Gasteiger partial charge in [0.1, 0.15) is 12.1 Å². The quantitative estimate of drug-likeness (QED) is 0.688. The minimum Gasteiger partial charge on any atom is -0.353 e. The molecule has 4 rings (SSSR count). The minimum atomic E-state index is 0.637. The van der Waals surface area contributed by atoms with Crippen LogP contribution in [0.5, 0.6) is 0 Å². The maximum atomic E-state index is 4.74. The monoisotopic (exact) mass is 353 g/mol. The number of nitrogens with zero attached hydrogens (tertiary/aromatic N) is 9. The Morgan fingerprint density at radius 3 is 2.38 bits per heavy atom. The average molecular weight is 353 g/mol. The van der Waals surface area contributed by atoms with Crippen LogP contribution < -0.4 is 9.80 Å². The highest BCUT2D eigenvalue weighted by atomic mass is 15.4. The molecule has 1 saturated heterocycles. The average Bonchev–Trinajstić information content (AvgIpc) is 3.15. The number of anilines is 2. The summed E-state index contributed by atoms with van der Waals surface area (Å²) >= 11 is 0. The summed E-state index contributed by atoms with van der Waals surface area (Å²) in [5.74, 6) is 2.40. The fourth-order valence-electron chi connectivity index (χ4n) is 3.33. The summed E-state index contributed by atoms with van der Waals surface area (Å²) in [6, 6.07) is 2.06. The second kappa shape index (κ2) is 6.81. The van der Waals surface area contributed by atoms with Crippen molar-refractivity contribution in [2.24, 2.45) is 0 Å². The van der Waals surface area contributed by atoms with E-state index in [0.717, 1.165) is 67.9 Å². The topological polar surface area (TPSA) is 88.2 Å². The number of hydrogen-bond acceptors (Lipinski definition) is 8. The maximum absolute atomic E-state index is 4.74. The summed E-state index contributed by atoms with van der Waals surface area (Å²) < 4.78 is 1.80. The van der Waals surface area contributed by atoms with E-state index in [4.69, 9.17) is 4.98 Å². The first kappa shape index (κ1) is 16.6. The van der Waals surface area contributed by atoms with Crippen LogP contribution >= 0.6 is 0 Å². The number of aromatic nitrogens is 7. The first-order valence-corrected chi connectivity index (χ1v) is 9.09. The van der Waals surface area contributed by atoms with E-state index in [2.05, 4.69) is 55.0 Å². The highest BCUT2D eigenvalue weighted by Crippen LogP contribution is 2.20. The third-order valence-corrected chi connectivity index (χ3v) is 4.75. The Hall–Kier alpha value is -2.84. The molecule has 0 saturated carbocycles. The standard InChI is InChI=1S/C17H23N9/c1-4-13-14(5-2)22-23-17(21-13)25-8-6-24(7-9-25)15-10-12(3)20-16-18-11-19-26(15)16/h10-11H,4-9H2,1-3H3. The van der Waals surface area contributed by atoms with Crippen LogP contribution in [-0.4, -0.2) is 60.9 Å². The summed E-state index contributed by atoms with van der Waals surface area (Å²) in [6.45, 7) is 9.58. The zero-order chi connectivity index (χ0) is 18.1. The molecule has 0 amide bonds. The van der Waals surface area contributed by atoms with E-state index < -0.39 is 0 Å². The lowest BCUT2D eigenvalue weighted by atomic mass is 10.2. The van der Waals surface area contributed by atoms with Gasteiger partial charge in [-0.3, -0.25) is 0 Å². The number of fused-ring (bicyclic) bond motifs is 1. The molecule has 26 heavy (non-hydrogen) atoms. The van der Waals surface area contributed by atoms with E-state index in [1.807, 2.05) is 6.92 Å². The second-order valence-electron chi connectivity index (χ2n) is 6.41. The Morgan fingerprint density at radius 1 is 0.923 bits per heavy atom. The zero-order valence-electron chi connectivity index (χ0n) is 15.4. The molecule has 9 heteroatoms. The number of aryl methyl sites for hydroxylation is 3. The van der Waals surface area contributed by atoms with Crippen LogP contribution in [0.2, 0.25) is 0 Å². The molecule has 0 radical (unpaired) electrons. The first-order chi connectivity index (χ1) is 12.7. The SMILES string of the molecule is CCc1nnc(N2CCN(c3cc(C)nc4ncnn34)CC2)nc1CC. The van der Waals surface area contributed by atoms with Gasteiger partial charge in [0.15, 0.2) is 0 Å². The molecule has 0 aliphatic carbocycles. The van der Waals surface area contributed by atoms with Crippen molar-refractivity contribution in [1.29, 1.82) is 0 Å². The van der Waals surface area contributed by atoms with E-state index >= 15 is 0 Å². The zero-order valence-corrected chi connectivity index (χ0v) is 15.4. The predicted octanol–water partition coefficient (Wildman–Crippen LogP) is 1.07. The Balaban J connectivity index is 1.53. The van der Waals surface area contributed by atoms with Crippen molar-refractivity contribution in [3.05, 3.63) is 29.5 Å². The van der Waals surface area contributed by atoms with Crippen LogP contribution in [-0.2, 0) is 12.8 Å². The molecule has 1 aliphatic rings. The smallest absolute Gasteiger partial charge is 0.254 e. The summed E-state index contributed by atoms with van der Waals surface area (Å²) in [7, 11) is 0. The Labute approximate surface area is 152 Å². The molecule has 4 heterocycles. The molecule has 0 N–H and O–H groups in total.